The molecule has 15 heavy (non-hydrogen) atoms. The van der Waals surface area contributed by atoms with Gasteiger partial charge in [0.15, 0.2) is 0 Å². The number of nitrogens with two attached hydrogens (primary N) is 1. The second-order valence-corrected chi connectivity index (χ2v) is 4.65. The van der Waals surface area contributed by atoms with Crippen LogP contribution in [-0.2, 0) is 6.42 Å². The van der Waals surface area contributed by atoms with Gasteiger partial charge in [0.05, 0.1) is 0 Å². The van der Waals surface area contributed by atoms with Crippen molar-refractivity contribution in [3.8, 4) is 5.75 Å². The summed E-state index contributed by atoms with van der Waals surface area (Å²) < 4.78 is 6.35. The quantitative estimate of drug-likeness (QED) is 0.904. The Morgan fingerprint density at radius 3 is 2.87 bits per heavy atom. The first-order valence-corrected chi connectivity index (χ1v) is 5.75. The van der Waals surface area contributed by atoms with Gasteiger partial charge >= 0.3 is 0 Å². The second kappa shape index (κ2) is 6.16. The highest BCUT2D eigenvalue weighted by atomic mass is 79.9. The molecule has 0 bridgehead atoms. The van der Waals surface area contributed by atoms with Gasteiger partial charge in [0.1, 0.15) is 12.4 Å². The fourth-order valence-electron chi connectivity index (χ4n) is 1.20. The van der Waals surface area contributed by atoms with Gasteiger partial charge in [-0.25, -0.2) is 0 Å². The van der Waals surface area contributed by atoms with E-state index in [9.17, 15) is 0 Å². The van der Waals surface area contributed by atoms with E-state index in [4.69, 9.17) is 22.1 Å². The monoisotopic (exact) mass is 289 g/mol. The van der Waals surface area contributed by atoms with Crippen molar-refractivity contribution >= 4 is 27.5 Å². The number of ether oxygens (including phenoxy) is 1. The van der Waals surface area contributed by atoms with Crippen molar-refractivity contribution in [2.75, 3.05) is 13.2 Å². The minimum atomic E-state index is 0.444. The molecule has 0 aliphatic heterocycles. The first-order valence-electron chi connectivity index (χ1n) is 4.58. The summed E-state index contributed by atoms with van der Waals surface area (Å²) in [7, 11) is 0. The highest BCUT2D eigenvalue weighted by molar-refractivity contribution is 9.11. The molecule has 0 aliphatic carbocycles. The summed E-state index contributed by atoms with van der Waals surface area (Å²) in [4.78, 5) is 0. The van der Waals surface area contributed by atoms with Crippen LogP contribution in [0.4, 0.5) is 0 Å². The zero-order chi connectivity index (χ0) is 11.3. The zero-order valence-corrected chi connectivity index (χ0v) is 10.6. The fraction of sp³-hybridized carbons (Fsp3) is 0.273. The van der Waals surface area contributed by atoms with E-state index in [-0.39, 0.29) is 0 Å². The van der Waals surface area contributed by atoms with Crippen LogP contribution in [-0.4, -0.2) is 13.2 Å². The van der Waals surface area contributed by atoms with E-state index in [0.29, 0.717) is 18.2 Å². The molecular formula is C11H13BrClNO. The van der Waals surface area contributed by atoms with Crippen LogP contribution in [0.2, 0.25) is 5.02 Å². The average Bonchev–Trinajstić information content (AvgIpc) is 2.17. The summed E-state index contributed by atoms with van der Waals surface area (Å²) in [6.07, 6.45) is 0.755. The Morgan fingerprint density at radius 2 is 2.27 bits per heavy atom. The smallest absolute Gasteiger partial charge is 0.123 e. The van der Waals surface area contributed by atoms with Gasteiger partial charge in [-0.1, -0.05) is 34.1 Å². The van der Waals surface area contributed by atoms with E-state index in [1.54, 1.807) is 6.07 Å². The maximum absolute atomic E-state index is 5.89. The minimum absolute atomic E-state index is 0.444. The molecule has 1 aromatic rings. The third-order valence-electron chi connectivity index (χ3n) is 1.82. The first-order chi connectivity index (χ1) is 7.13. The topological polar surface area (TPSA) is 35.2 Å². The van der Waals surface area contributed by atoms with Crippen molar-refractivity contribution in [3.05, 3.63) is 39.8 Å². The Bertz CT molecular complexity index is 354. The van der Waals surface area contributed by atoms with Crippen molar-refractivity contribution in [2.45, 2.75) is 6.42 Å². The summed E-state index contributed by atoms with van der Waals surface area (Å²) in [5.74, 6) is 0.811. The average molecular weight is 291 g/mol. The maximum Gasteiger partial charge on any atom is 0.123 e. The summed E-state index contributed by atoms with van der Waals surface area (Å²) in [6, 6.07) is 5.53. The predicted octanol–water partition coefficient (Wildman–Crippen LogP) is 3.13. The Balaban J connectivity index is 2.80. The first kappa shape index (κ1) is 12.6. The number of halogens is 2. The lowest BCUT2D eigenvalue weighted by molar-refractivity contribution is 0.357. The Kier molecular flexibility index (Phi) is 5.15. The molecule has 0 atom stereocenters. The second-order valence-electron chi connectivity index (χ2n) is 3.10. The number of hydrogen-bond donors (Lipinski definition) is 1. The third kappa shape index (κ3) is 4.24. The Labute approximate surface area is 103 Å². The van der Waals surface area contributed by atoms with E-state index in [1.165, 1.54) is 0 Å². The van der Waals surface area contributed by atoms with Crippen molar-refractivity contribution in [1.29, 1.82) is 0 Å². The van der Waals surface area contributed by atoms with Crippen molar-refractivity contribution < 1.29 is 4.74 Å². The number of rotatable bonds is 5. The van der Waals surface area contributed by atoms with Gasteiger partial charge in [0, 0.05) is 9.51 Å². The molecule has 0 amide bonds. The van der Waals surface area contributed by atoms with E-state index in [2.05, 4.69) is 22.5 Å². The van der Waals surface area contributed by atoms with Gasteiger partial charge in [-0.2, -0.15) is 0 Å². The zero-order valence-electron chi connectivity index (χ0n) is 8.30. The molecule has 0 spiro atoms. The van der Waals surface area contributed by atoms with Gasteiger partial charge < -0.3 is 10.5 Å². The molecule has 0 saturated carbocycles. The predicted molar refractivity (Wildman–Crippen MR) is 67.8 cm³/mol. The molecule has 0 saturated heterocycles. The Morgan fingerprint density at radius 1 is 1.53 bits per heavy atom. The largest absolute Gasteiger partial charge is 0.488 e. The highest BCUT2D eigenvalue weighted by Gasteiger charge is 2.04. The molecule has 1 rings (SSSR count). The third-order valence-corrected chi connectivity index (χ3v) is 2.28. The van der Waals surface area contributed by atoms with Crippen molar-refractivity contribution in [2.24, 2.45) is 5.73 Å². The van der Waals surface area contributed by atoms with Crippen LogP contribution in [0.3, 0.4) is 0 Å². The van der Waals surface area contributed by atoms with Crippen LogP contribution in [0.25, 0.3) is 0 Å². The number of hydrogen-bond acceptors (Lipinski definition) is 2. The Hall–Kier alpha value is -0.510. The minimum Gasteiger partial charge on any atom is -0.488 e. The molecule has 0 radical (unpaired) electrons. The van der Waals surface area contributed by atoms with Crippen LogP contribution in [0, 0.1) is 0 Å². The maximum atomic E-state index is 5.89. The molecule has 0 unspecified atom stereocenters. The van der Waals surface area contributed by atoms with Crippen LogP contribution >= 0.6 is 27.5 Å². The van der Waals surface area contributed by atoms with Crippen molar-refractivity contribution in [1.82, 2.24) is 0 Å². The van der Waals surface area contributed by atoms with E-state index in [1.807, 2.05) is 12.1 Å². The molecule has 0 heterocycles. The lowest BCUT2D eigenvalue weighted by atomic mass is 10.1. The molecular weight excluding hydrogens is 277 g/mol. The molecule has 4 heteroatoms. The normalized spacial score (nSPS) is 10.1. The summed E-state index contributed by atoms with van der Waals surface area (Å²) in [5, 5.41) is 0.698. The summed E-state index contributed by atoms with van der Waals surface area (Å²) in [6.45, 7) is 4.72. The van der Waals surface area contributed by atoms with Gasteiger partial charge in [-0.15, -0.1) is 0 Å². The lowest BCUT2D eigenvalue weighted by Gasteiger charge is -2.10. The van der Waals surface area contributed by atoms with E-state index >= 15 is 0 Å². The van der Waals surface area contributed by atoms with Crippen LogP contribution in [0.1, 0.15) is 5.56 Å². The van der Waals surface area contributed by atoms with Gasteiger partial charge in [0.25, 0.3) is 0 Å². The summed E-state index contributed by atoms with van der Waals surface area (Å²) >= 11 is 9.13. The molecule has 0 aliphatic rings. The van der Waals surface area contributed by atoms with Crippen LogP contribution in [0.5, 0.6) is 5.75 Å². The molecule has 1 aromatic carbocycles. The van der Waals surface area contributed by atoms with Gasteiger partial charge in [-0.05, 0) is 36.7 Å². The lowest BCUT2D eigenvalue weighted by Crippen LogP contribution is -2.06. The summed E-state index contributed by atoms with van der Waals surface area (Å²) in [5.41, 5.74) is 6.54. The fourth-order valence-corrected chi connectivity index (χ4v) is 1.50. The van der Waals surface area contributed by atoms with Crippen LogP contribution in [0.15, 0.2) is 29.3 Å². The highest BCUT2D eigenvalue weighted by Crippen LogP contribution is 2.23. The molecule has 0 aromatic heterocycles. The molecule has 0 fully saturated rings. The van der Waals surface area contributed by atoms with Crippen molar-refractivity contribution in [3.63, 3.8) is 0 Å². The van der Waals surface area contributed by atoms with E-state index in [0.717, 1.165) is 22.2 Å². The molecule has 2 N–H and O–H groups in total. The van der Waals surface area contributed by atoms with Crippen LogP contribution < -0.4 is 10.5 Å². The van der Waals surface area contributed by atoms with E-state index < -0.39 is 0 Å². The standard InChI is InChI=1S/C11H13BrClNO/c1-8(12)7-15-11-3-2-10(13)6-9(11)4-5-14/h2-3,6H,1,4-5,7,14H2. The molecule has 2 nitrogen and oxygen atoms in total. The SMILES string of the molecule is C=C(Br)COc1ccc(Cl)cc1CCN. The number of benzene rings is 1. The van der Waals surface area contributed by atoms with Gasteiger partial charge in [0.2, 0.25) is 0 Å². The van der Waals surface area contributed by atoms with Gasteiger partial charge in [-0.3, -0.25) is 0 Å². The molecule has 82 valence electrons.